The maximum absolute atomic E-state index is 14.3. The summed E-state index contributed by atoms with van der Waals surface area (Å²) in [7, 11) is 0. The number of hydrogen-bond donors (Lipinski definition) is 2. The molecule has 1 aromatic carbocycles. The molecule has 1 heterocycles. The minimum atomic E-state index is -0.399. The summed E-state index contributed by atoms with van der Waals surface area (Å²) in [5, 5.41) is 11.5. The molecular formula is C14H20FN3O. The van der Waals surface area contributed by atoms with Gasteiger partial charge in [0.1, 0.15) is 5.82 Å². The second kappa shape index (κ2) is 5.57. The molecule has 3 N–H and O–H groups in total. The zero-order chi connectivity index (χ0) is 14.0. The van der Waals surface area contributed by atoms with E-state index in [1.807, 2.05) is 0 Å². The van der Waals surface area contributed by atoms with Gasteiger partial charge in [0.25, 0.3) is 0 Å². The molecule has 104 valence electrons. The fourth-order valence-corrected chi connectivity index (χ4v) is 2.78. The number of nitrogens with zero attached hydrogens (tertiary/aromatic N) is 2. The Kier molecular flexibility index (Phi) is 4.04. The van der Waals surface area contributed by atoms with Crippen molar-refractivity contribution in [3.05, 3.63) is 35.1 Å². The van der Waals surface area contributed by atoms with Crippen molar-refractivity contribution < 1.29 is 9.60 Å². The lowest BCUT2D eigenvalue weighted by Crippen LogP contribution is -2.27. The fraction of sp³-hybridized carbons (Fsp3) is 0.500. The molecule has 2 unspecified atom stereocenters. The molecule has 0 radical (unpaired) electrons. The Morgan fingerprint density at radius 1 is 1.53 bits per heavy atom. The van der Waals surface area contributed by atoms with Gasteiger partial charge in [0.2, 0.25) is 0 Å². The van der Waals surface area contributed by atoms with E-state index >= 15 is 0 Å². The largest absolute Gasteiger partial charge is 0.409 e. The van der Waals surface area contributed by atoms with Crippen LogP contribution in [0.15, 0.2) is 23.4 Å². The van der Waals surface area contributed by atoms with Crippen molar-refractivity contribution in [2.75, 3.05) is 6.54 Å². The molecule has 1 aliphatic heterocycles. The van der Waals surface area contributed by atoms with Crippen LogP contribution in [0.4, 0.5) is 4.39 Å². The van der Waals surface area contributed by atoms with E-state index in [4.69, 9.17) is 10.9 Å². The quantitative estimate of drug-likeness (QED) is 0.381. The van der Waals surface area contributed by atoms with Crippen molar-refractivity contribution in [2.45, 2.75) is 32.9 Å². The van der Waals surface area contributed by atoms with Crippen LogP contribution in [0.25, 0.3) is 0 Å². The Bertz CT molecular complexity index is 490. The summed E-state index contributed by atoms with van der Waals surface area (Å²) >= 11 is 0. The minimum absolute atomic E-state index is 0.153. The molecule has 0 aliphatic carbocycles. The van der Waals surface area contributed by atoms with Crippen molar-refractivity contribution >= 4 is 5.84 Å². The summed E-state index contributed by atoms with van der Waals surface area (Å²) in [6, 6.07) is 5.46. The molecule has 2 rings (SSSR count). The van der Waals surface area contributed by atoms with Crippen LogP contribution < -0.4 is 5.73 Å². The van der Waals surface area contributed by atoms with Crippen molar-refractivity contribution in [1.82, 2.24) is 4.90 Å². The third-order valence-corrected chi connectivity index (χ3v) is 3.75. The molecule has 5 heteroatoms. The van der Waals surface area contributed by atoms with Gasteiger partial charge in [-0.15, -0.1) is 0 Å². The summed E-state index contributed by atoms with van der Waals surface area (Å²) in [6.07, 6.45) is 1.14. The maximum atomic E-state index is 14.3. The SMILES string of the molecule is CC1CC(C)N(Cc2cccc(/C(N)=N/O)c2F)C1. The first kappa shape index (κ1) is 13.8. The van der Waals surface area contributed by atoms with Gasteiger partial charge in [-0.3, -0.25) is 4.90 Å². The third-order valence-electron chi connectivity index (χ3n) is 3.75. The van der Waals surface area contributed by atoms with Gasteiger partial charge in [-0.25, -0.2) is 4.39 Å². The molecule has 1 saturated heterocycles. The lowest BCUT2D eigenvalue weighted by atomic mass is 10.1. The molecule has 4 nitrogen and oxygen atoms in total. The van der Waals surface area contributed by atoms with E-state index in [9.17, 15) is 4.39 Å². The summed E-state index contributed by atoms with van der Waals surface area (Å²) in [4.78, 5) is 2.26. The molecule has 19 heavy (non-hydrogen) atoms. The van der Waals surface area contributed by atoms with Crippen LogP contribution in [0.5, 0.6) is 0 Å². The summed E-state index contributed by atoms with van der Waals surface area (Å²) in [5.41, 5.74) is 6.21. The van der Waals surface area contributed by atoms with Crippen LogP contribution in [0, 0.1) is 11.7 Å². The summed E-state index contributed by atoms with van der Waals surface area (Å²) in [6.45, 7) is 5.91. The number of nitrogens with two attached hydrogens (primary N) is 1. The minimum Gasteiger partial charge on any atom is -0.409 e. The van der Waals surface area contributed by atoms with Gasteiger partial charge in [-0.05, 0) is 25.3 Å². The van der Waals surface area contributed by atoms with Crippen LogP contribution in [0.3, 0.4) is 0 Å². The molecule has 1 aliphatic rings. The Labute approximate surface area is 112 Å². The molecule has 2 atom stereocenters. The molecule has 1 fully saturated rings. The van der Waals surface area contributed by atoms with Gasteiger partial charge in [0.05, 0.1) is 5.56 Å². The van der Waals surface area contributed by atoms with E-state index < -0.39 is 5.82 Å². The maximum Gasteiger partial charge on any atom is 0.173 e. The van der Waals surface area contributed by atoms with Crippen molar-refractivity contribution in [3.8, 4) is 0 Å². The predicted octanol–water partition coefficient (Wildman–Crippen LogP) is 2.15. The Balaban J connectivity index is 2.22. The highest BCUT2D eigenvalue weighted by molar-refractivity contribution is 5.97. The lowest BCUT2D eigenvalue weighted by Gasteiger charge is -2.21. The average Bonchev–Trinajstić information content (AvgIpc) is 2.69. The van der Waals surface area contributed by atoms with Crippen LogP contribution in [0.1, 0.15) is 31.4 Å². The molecule has 0 aromatic heterocycles. The van der Waals surface area contributed by atoms with E-state index in [2.05, 4.69) is 23.9 Å². The first-order valence-electron chi connectivity index (χ1n) is 6.52. The second-order valence-electron chi connectivity index (χ2n) is 5.38. The monoisotopic (exact) mass is 265 g/mol. The van der Waals surface area contributed by atoms with Crippen LogP contribution in [-0.4, -0.2) is 28.5 Å². The van der Waals surface area contributed by atoms with Crippen LogP contribution in [0.2, 0.25) is 0 Å². The van der Waals surface area contributed by atoms with E-state index in [0.29, 0.717) is 24.1 Å². The summed E-state index contributed by atoms with van der Waals surface area (Å²) < 4.78 is 14.3. The Morgan fingerprint density at radius 2 is 2.26 bits per heavy atom. The van der Waals surface area contributed by atoms with Crippen LogP contribution in [-0.2, 0) is 6.54 Å². The number of oxime groups is 1. The zero-order valence-corrected chi connectivity index (χ0v) is 11.3. The molecule has 0 saturated carbocycles. The average molecular weight is 265 g/mol. The highest BCUT2D eigenvalue weighted by Crippen LogP contribution is 2.25. The normalized spacial score (nSPS) is 24.9. The van der Waals surface area contributed by atoms with Crippen LogP contribution >= 0.6 is 0 Å². The second-order valence-corrected chi connectivity index (χ2v) is 5.38. The van der Waals surface area contributed by atoms with Gasteiger partial charge in [-0.1, -0.05) is 24.2 Å². The van der Waals surface area contributed by atoms with Crippen molar-refractivity contribution in [3.63, 3.8) is 0 Å². The Hall–Kier alpha value is -1.62. The molecule has 0 bridgehead atoms. The van der Waals surface area contributed by atoms with Gasteiger partial charge < -0.3 is 10.9 Å². The first-order valence-corrected chi connectivity index (χ1v) is 6.52. The van der Waals surface area contributed by atoms with E-state index in [0.717, 1.165) is 13.0 Å². The van der Waals surface area contributed by atoms with Gasteiger partial charge in [0.15, 0.2) is 5.84 Å². The number of amidine groups is 1. The highest BCUT2D eigenvalue weighted by Gasteiger charge is 2.26. The highest BCUT2D eigenvalue weighted by atomic mass is 19.1. The predicted molar refractivity (Wildman–Crippen MR) is 72.6 cm³/mol. The first-order chi connectivity index (χ1) is 9.02. The number of likely N-dealkylation sites (tertiary alicyclic amines) is 1. The topological polar surface area (TPSA) is 61.8 Å². The van der Waals surface area contributed by atoms with Gasteiger partial charge >= 0.3 is 0 Å². The van der Waals surface area contributed by atoms with Gasteiger partial charge in [-0.2, -0.15) is 0 Å². The van der Waals surface area contributed by atoms with Gasteiger partial charge in [0, 0.05) is 24.7 Å². The van der Waals surface area contributed by atoms with Crippen molar-refractivity contribution in [1.29, 1.82) is 0 Å². The number of benzene rings is 1. The third kappa shape index (κ3) is 2.87. The van der Waals surface area contributed by atoms with E-state index in [1.54, 1.807) is 12.1 Å². The standard InChI is InChI=1S/C14H20FN3O/c1-9-6-10(2)18(7-9)8-11-4-3-5-12(13(11)15)14(16)17-19/h3-5,9-10,19H,6-8H2,1-2H3,(H2,16,17). The van der Waals surface area contributed by atoms with Crippen molar-refractivity contribution in [2.24, 2.45) is 16.8 Å². The fourth-order valence-electron chi connectivity index (χ4n) is 2.78. The molecule has 0 spiro atoms. The molecule has 1 aromatic rings. The zero-order valence-electron chi connectivity index (χ0n) is 11.3. The van der Waals surface area contributed by atoms with E-state index in [1.165, 1.54) is 6.07 Å². The summed E-state index contributed by atoms with van der Waals surface area (Å²) in [5.74, 6) is 0.0528. The number of hydrogen-bond acceptors (Lipinski definition) is 3. The number of rotatable bonds is 3. The van der Waals surface area contributed by atoms with E-state index in [-0.39, 0.29) is 11.4 Å². The Morgan fingerprint density at radius 3 is 2.84 bits per heavy atom. The molecule has 0 amide bonds. The lowest BCUT2D eigenvalue weighted by molar-refractivity contribution is 0.253. The number of halogens is 1. The molecular weight excluding hydrogens is 245 g/mol. The smallest absolute Gasteiger partial charge is 0.173 e.